The second-order valence-corrected chi connectivity index (χ2v) is 5.23. The summed E-state index contributed by atoms with van der Waals surface area (Å²) in [5.74, 6) is -2.95. The molecule has 1 N–H and O–H groups in total. The molecule has 8 heteroatoms. The maximum absolute atomic E-state index is 13.1. The summed E-state index contributed by atoms with van der Waals surface area (Å²) >= 11 is 5.73. The summed E-state index contributed by atoms with van der Waals surface area (Å²) in [6, 6.07) is -0.177. The van der Waals surface area contributed by atoms with Gasteiger partial charge in [-0.3, -0.25) is 0 Å². The van der Waals surface area contributed by atoms with Gasteiger partial charge in [0.2, 0.25) is 11.2 Å². The Morgan fingerprint density at radius 3 is 2.81 bits per heavy atom. The summed E-state index contributed by atoms with van der Waals surface area (Å²) in [7, 11) is 0. The molecule has 0 amide bonds. The number of carbonyl (C=O) groups excluding carboxylic acids is 1. The van der Waals surface area contributed by atoms with E-state index < -0.39 is 11.9 Å². The highest BCUT2D eigenvalue weighted by Crippen LogP contribution is 2.34. The van der Waals surface area contributed by atoms with E-state index in [0.717, 1.165) is 0 Å². The zero-order valence-electron chi connectivity index (χ0n) is 11.5. The molecule has 0 saturated heterocycles. The van der Waals surface area contributed by atoms with E-state index in [1.54, 1.807) is 6.92 Å². The molecule has 1 aromatic rings. The molecule has 1 aromatic heterocycles. The van der Waals surface area contributed by atoms with Crippen LogP contribution in [-0.4, -0.2) is 34.5 Å². The molecule has 116 valence electrons. The number of hydrogen-bond donors (Lipinski definition) is 1. The van der Waals surface area contributed by atoms with Crippen LogP contribution in [0.3, 0.4) is 0 Å². The molecule has 1 heterocycles. The molecular formula is C13H16ClF2N3O2. The maximum atomic E-state index is 13.1. The summed E-state index contributed by atoms with van der Waals surface area (Å²) in [5, 5.41) is 2.98. The van der Waals surface area contributed by atoms with Crippen LogP contribution in [0.25, 0.3) is 0 Å². The minimum Gasteiger partial charge on any atom is -0.462 e. The smallest absolute Gasteiger partial charge is 0.343 e. The molecule has 0 spiro atoms. The van der Waals surface area contributed by atoms with Crippen LogP contribution in [0.4, 0.5) is 14.6 Å². The molecule has 2 rings (SSSR count). The van der Waals surface area contributed by atoms with Gasteiger partial charge in [-0.05, 0) is 31.4 Å². The second kappa shape index (κ2) is 6.51. The number of nitrogens with one attached hydrogen (secondary N) is 1. The number of anilines is 1. The Bertz CT molecular complexity index is 518. The molecule has 0 atom stereocenters. The highest BCUT2D eigenvalue weighted by Gasteiger charge is 2.35. The lowest BCUT2D eigenvalue weighted by Gasteiger charge is -2.29. The Morgan fingerprint density at radius 2 is 2.19 bits per heavy atom. The van der Waals surface area contributed by atoms with Crippen molar-refractivity contribution in [1.29, 1.82) is 0 Å². The summed E-state index contributed by atoms with van der Waals surface area (Å²) < 4.78 is 31.2. The summed E-state index contributed by atoms with van der Waals surface area (Å²) in [5.41, 5.74) is 0.151. The van der Waals surface area contributed by atoms with Gasteiger partial charge in [0.15, 0.2) is 0 Å². The van der Waals surface area contributed by atoms with Crippen LogP contribution in [0.1, 0.15) is 43.0 Å². The van der Waals surface area contributed by atoms with E-state index in [4.69, 9.17) is 16.3 Å². The van der Waals surface area contributed by atoms with Crippen LogP contribution in [0.15, 0.2) is 6.20 Å². The third-order valence-corrected chi connectivity index (χ3v) is 3.49. The Morgan fingerprint density at radius 1 is 1.52 bits per heavy atom. The lowest BCUT2D eigenvalue weighted by Crippen LogP contribution is -2.32. The predicted octanol–water partition coefficient (Wildman–Crippen LogP) is 3.30. The number of halogens is 3. The predicted molar refractivity (Wildman–Crippen MR) is 73.8 cm³/mol. The number of ether oxygens (including phenoxy) is 1. The molecule has 0 bridgehead atoms. The molecule has 0 aliphatic heterocycles. The second-order valence-electron chi connectivity index (χ2n) is 4.90. The Hall–Kier alpha value is -1.50. The first-order valence-electron chi connectivity index (χ1n) is 6.75. The van der Waals surface area contributed by atoms with Gasteiger partial charge in [-0.1, -0.05) is 0 Å². The molecule has 0 aromatic carbocycles. The van der Waals surface area contributed by atoms with Crippen molar-refractivity contribution in [3.63, 3.8) is 0 Å². The lowest BCUT2D eigenvalue weighted by molar-refractivity contribution is -0.0361. The normalized spacial score (nSPS) is 18.3. The summed E-state index contributed by atoms with van der Waals surface area (Å²) in [4.78, 5) is 19.5. The van der Waals surface area contributed by atoms with E-state index in [2.05, 4.69) is 15.3 Å². The topological polar surface area (TPSA) is 64.1 Å². The third-order valence-electron chi connectivity index (χ3n) is 3.31. The molecule has 1 aliphatic rings. The molecule has 1 aliphatic carbocycles. The molecule has 5 nitrogen and oxygen atoms in total. The lowest BCUT2D eigenvalue weighted by atomic mass is 9.92. The van der Waals surface area contributed by atoms with E-state index in [-0.39, 0.29) is 42.2 Å². The first-order valence-corrected chi connectivity index (χ1v) is 7.13. The molecule has 1 fully saturated rings. The van der Waals surface area contributed by atoms with Crippen LogP contribution >= 0.6 is 11.6 Å². The fraction of sp³-hybridized carbons (Fsp3) is 0.615. The fourth-order valence-corrected chi connectivity index (χ4v) is 2.34. The van der Waals surface area contributed by atoms with Crippen LogP contribution < -0.4 is 5.32 Å². The number of alkyl halides is 2. The zero-order valence-corrected chi connectivity index (χ0v) is 12.3. The highest BCUT2D eigenvalue weighted by atomic mass is 35.5. The number of aromatic nitrogens is 2. The highest BCUT2D eigenvalue weighted by molar-refractivity contribution is 6.28. The van der Waals surface area contributed by atoms with Crippen molar-refractivity contribution in [2.75, 3.05) is 11.9 Å². The van der Waals surface area contributed by atoms with E-state index in [0.29, 0.717) is 12.8 Å². The van der Waals surface area contributed by atoms with E-state index in [9.17, 15) is 13.6 Å². The average Bonchev–Trinajstić information content (AvgIpc) is 2.41. The van der Waals surface area contributed by atoms with Crippen molar-refractivity contribution in [2.45, 2.75) is 44.6 Å². The molecule has 0 unspecified atom stereocenters. The van der Waals surface area contributed by atoms with E-state index in [1.807, 2.05) is 0 Å². The largest absolute Gasteiger partial charge is 0.462 e. The molecule has 1 saturated carbocycles. The van der Waals surface area contributed by atoms with E-state index in [1.165, 1.54) is 6.20 Å². The number of nitrogens with zero attached hydrogens (tertiary/aromatic N) is 2. The number of carbonyl (C=O) groups is 1. The Balaban J connectivity index is 2.12. The van der Waals surface area contributed by atoms with Crippen molar-refractivity contribution in [1.82, 2.24) is 9.97 Å². The molecule has 21 heavy (non-hydrogen) atoms. The van der Waals surface area contributed by atoms with Crippen LogP contribution in [0.5, 0.6) is 0 Å². The van der Waals surface area contributed by atoms with Gasteiger partial charge in [0.05, 0.1) is 6.61 Å². The van der Waals surface area contributed by atoms with Gasteiger partial charge in [0.1, 0.15) is 11.4 Å². The minimum absolute atomic E-state index is 0.0216. The van der Waals surface area contributed by atoms with Gasteiger partial charge in [-0.25, -0.2) is 18.6 Å². The number of esters is 1. The van der Waals surface area contributed by atoms with Crippen molar-refractivity contribution in [3.05, 3.63) is 17.0 Å². The van der Waals surface area contributed by atoms with Crippen LogP contribution in [0.2, 0.25) is 5.28 Å². The maximum Gasteiger partial charge on any atom is 0.343 e. The summed E-state index contributed by atoms with van der Waals surface area (Å²) in [6.45, 7) is 1.90. The van der Waals surface area contributed by atoms with Gasteiger partial charge < -0.3 is 10.1 Å². The van der Waals surface area contributed by atoms with Crippen LogP contribution in [-0.2, 0) is 4.74 Å². The van der Waals surface area contributed by atoms with Gasteiger partial charge >= 0.3 is 5.97 Å². The van der Waals surface area contributed by atoms with E-state index >= 15 is 0 Å². The zero-order chi connectivity index (χ0) is 15.5. The third kappa shape index (κ3) is 4.23. The fourth-order valence-electron chi connectivity index (χ4n) is 2.21. The Kier molecular flexibility index (Phi) is 4.92. The first kappa shape index (κ1) is 15.9. The molecule has 0 radical (unpaired) electrons. The van der Waals surface area contributed by atoms with Gasteiger partial charge in [0, 0.05) is 25.1 Å². The quantitative estimate of drug-likeness (QED) is 0.681. The average molecular weight is 320 g/mol. The van der Waals surface area contributed by atoms with Crippen molar-refractivity contribution >= 4 is 23.4 Å². The SMILES string of the molecule is CCOC(=O)c1cnc(Cl)nc1NC1CCC(F)(F)CC1. The standard InChI is InChI=1S/C13H16ClF2N3O2/c1-2-21-11(20)9-7-17-12(14)19-10(9)18-8-3-5-13(15,16)6-4-8/h7-8H,2-6H2,1H3,(H,17,18,19). The number of rotatable bonds is 4. The van der Waals surface area contributed by atoms with Crippen molar-refractivity contribution in [3.8, 4) is 0 Å². The van der Waals surface area contributed by atoms with Crippen LogP contribution in [0, 0.1) is 0 Å². The molecular weight excluding hydrogens is 304 g/mol. The summed E-state index contributed by atoms with van der Waals surface area (Å²) in [6.07, 6.45) is 1.51. The monoisotopic (exact) mass is 319 g/mol. The minimum atomic E-state index is -2.61. The van der Waals surface area contributed by atoms with Crippen molar-refractivity contribution in [2.24, 2.45) is 0 Å². The first-order chi connectivity index (χ1) is 9.91. The Labute approximate surface area is 126 Å². The van der Waals surface area contributed by atoms with Gasteiger partial charge in [-0.2, -0.15) is 4.98 Å². The van der Waals surface area contributed by atoms with Crippen molar-refractivity contribution < 1.29 is 18.3 Å². The van der Waals surface area contributed by atoms with Gasteiger partial charge in [0.25, 0.3) is 0 Å². The number of hydrogen-bond acceptors (Lipinski definition) is 5. The van der Waals surface area contributed by atoms with Gasteiger partial charge in [-0.15, -0.1) is 0 Å².